The lowest BCUT2D eigenvalue weighted by Crippen LogP contribution is -3.00. The molecule has 1 heterocycles. The molecule has 0 fully saturated rings. The quantitative estimate of drug-likeness (QED) is 0.320. The summed E-state index contributed by atoms with van der Waals surface area (Å²) in [5, 5.41) is 1.36. The summed E-state index contributed by atoms with van der Waals surface area (Å²) in [6.07, 6.45) is 0. The van der Waals surface area contributed by atoms with Crippen molar-refractivity contribution in [2.75, 3.05) is 0 Å². The Labute approximate surface area is 191 Å². The van der Waals surface area contributed by atoms with Gasteiger partial charge in [-0.05, 0) is 55.5 Å². The molecule has 30 heavy (non-hydrogen) atoms. The van der Waals surface area contributed by atoms with Crippen molar-refractivity contribution in [2.45, 2.75) is 16.7 Å². The highest BCUT2D eigenvalue weighted by molar-refractivity contribution is 8.00. The Hall–Kier alpha value is -2.52. The molecular formula is C27H21ClS2. The molecule has 0 aliphatic rings. The Morgan fingerprint density at radius 2 is 1.23 bits per heavy atom. The minimum atomic E-state index is -0.106. The Morgan fingerprint density at radius 3 is 1.93 bits per heavy atom. The summed E-state index contributed by atoms with van der Waals surface area (Å²) in [6, 6.07) is 39.6. The maximum Gasteiger partial charge on any atom is 0.201 e. The molecule has 3 heteroatoms. The summed E-state index contributed by atoms with van der Waals surface area (Å²) in [5.41, 5.74) is 2.61. The fourth-order valence-corrected chi connectivity index (χ4v) is 7.50. The number of halogens is 1. The van der Waals surface area contributed by atoms with E-state index >= 15 is 0 Å². The standard InChI is InChI=1S/C27H21S2.ClH/c1-20-16-18-21(19-17-20)27-26(28-22-10-4-2-5-11-22)24-14-8-9-15-25(24)29(27)23-12-6-3-7-13-23;/h2-19H,1H3;1H/q+1;/p-1. The zero-order valence-corrected chi connectivity index (χ0v) is 19.0. The van der Waals surface area contributed by atoms with Crippen LogP contribution in [0.1, 0.15) is 5.56 Å². The summed E-state index contributed by atoms with van der Waals surface area (Å²) in [7, 11) is -0.106. The van der Waals surface area contributed by atoms with E-state index in [0.29, 0.717) is 0 Å². The van der Waals surface area contributed by atoms with Crippen LogP contribution < -0.4 is 12.4 Å². The van der Waals surface area contributed by atoms with Crippen LogP contribution >= 0.6 is 22.2 Å². The summed E-state index contributed by atoms with van der Waals surface area (Å²) in [5.74, 6) is 0. The Kier molecular flexibility index (Phi) is 6.29. The van der Waals surface area contributed by atoms with Crippen LogP contribution in [0.15, 0.2) is 119 Å². The molecule has 0 saturated heterocycles. The van der Waals surface area contributed by atoms with Gasteiger partial charge in [0.15, 0.2) is 9.60 Å². The molecule has 4 aromatic carbocycles. The second-order valence-electron chi connectivity index (χ2n) is 7.05. The highest BCUT2D eigenvalue weighted by Gasteiger charge is 2.30. The van der Waals surface area contributed by atoms with Crippen molar-refractivity contribution in [3.05, 3.63) is 115 Å². The summed E-state index contributed by atoms with van der Waals surface area (Å²) < 4.78 is 1.42. The van der Waals surface area contributed by atoms with E-state index in [-0.39, 0.29) is 22.9 Å². The van der Waals surface area contributed by atoms with Crippen LogP contribution in [0.3, 0.4) is 0 Å². The molecule has 0 aliphatic heterocycles. The van der Waals surface area contributed by atoms with Gasteiger partial charge in [0.05, 0.1) is 10.3 Å². The molecule has 0 spiro atoms. The molecule has 0 aliphatic carbocycles. The topological polar surface area (TPSA) is 0 Å². The Morgan fingerprint density at radius 1 is 0.633 bits per heavy atom. The van der Waals surface area contributed by atoms with Crippen molar-refractivity contribution in [1.82, 2.24) is 0 Å². The number of hydrogen-bond acceptors (Lipinski definition) is 1. The molecule has 148 valence electrons. The van der Waals surface area contributed by atoms with E-state index in [1.807, 2.05) is 11.8 Å². The third-order valence-electron chi connectivity index (χ3n) is 5.02. The van der Waals surface area contributed by atoms with Crippen molar-refractivity contribution in [3.63, 3.8) is 0 Å². The predicted octanol–water partition coefficient (Wildman–Crippen LogP) is 5.71. The van der Waals surface area contributed by atoms with Gasteiger partial charge in [0.1, 0.15) is 0 Å². The average Bonchev–Trinajstić information content (AvgIpc) is 3.10. The van der Waals surface area contributed by atoms with Crippen LogP contribution in [0.2, 0.25) is 0 Å². The van der Waals surface area contributed by atoms with Crippen molar-refractivity contribution in [3.8, 4) is 15.3 Å². The molecule has 0 nitrogen and oxygen atoms in total. The van der Waals surface area contributed by atoms with Crippen LogP contribution in [0, 0.1) is 6.92 Å². The minimum Gasteiger partial charge on any atom is -1.00 e. The maximum atomic E-state index is 2.30. The third-order valence-corrected chi connectivity index (χ3v) is 8.67. The SMILES string of the molecule is Cc1ccc(-c2c(Sc3ccccc3)c3ccccc3[s+]2-c2ccccc2)cc1.[Cl-]. The van der Waals surface area contributed by atoms with Crippen molar-refractivity contribution < 1.29 is 12.4 Å². The fourth-order valence-electron chi connectivity index (χ4n) is 3.62. The number of rotatable bonds is 4. The number of hydrogen-bond donors (Lipinski definition) is 0. The van der Waals surface area contributed by atoms with Crippen LogP contribution in [-0.4, -0.2) is 0 Å². The molecule has 0 saturated carbocycles. The zero-order valence-electron chi connectivity index (χ0n) is 16.6. The molecule has 1 atom stereocenters. The van der Waals surface area contributed by atoms with Crippen LogP contribution in [-0.2, 0) is 0 Å². The summed E-state index contributed by atoms with van der Waals surface area (Å²) in [4.78, 5) is 5.47. The molecule has 1 unspecified atom stereocenters. The van der Waals surface area contributed by atoms with E-state index in [1.54, 1.807) is 0 Å². The molecule has 0 bridgehead atoms. The van der Waals surface area contributed by atoms with Crippen molar-refractivity contribution in [2.24, 2.45) is 0 Å². The van der Waals surface area contributed by atoms with E-state index in [0.717, 1.165) is 0 Å². The van der Waals surface area contributed by atoms with E-state index in [9.17, 15) is 0 Å². The van der Waals surface area contributed by atoms with Crippen molar-refractivity contribution >= 4 is 32.3 Å². The smallest absolute Gasteiger partial charge is 0.201 e. The zero-order chi connectivity index (χ0) is 19.6. The Balaban J connectivity index is 0.00000218. The van der Waals surface area contributed by atoms with Gasteiger partial charge < -0.3 is 12.4 Å². The first-order valence-electron chi connectivity index (χ1n) is 9.74. The highest BCUT2D eigenvalue weighted by atomic mass is 35.5. The van der Waals surface area contributed by atoms with Gasteiger partial charge >= 0.3 is 0 Å². The van der Waals surface area contributed by atoms with Gasteiger partial charge in [-0.25, -0.2) is 0 Å². The number of thiophene rings is 1. The average molecular weight is 445 g/mol. The Bertz CT molecular complexity index is 1260. The van der Waals surface area contributed by atoms with Crippen molar-refractivity contribution in [1.29, 1.82) is 0 Å². The lowest BCUT2D eigenvalue weighted by atomic mass is 10.1. The highest BCUT2D eigenvalue weighted by Crippen LogP contribution is 2.55. The molecule has 5 aromatic rings. The molecule has 0 radical (unpaired) electrons. The molecule has 1 aromatic heterocycles. The third kappa shape index (κ3) is 3.91. The molecule has 0 N–H and O–H groups in total. The van der Waals surface area contributed by atoms with E-state index in [2.05, 4.69) is 116 Å². The minimum absolute atomic E-state index is 0. The van der Waals surface area contributed by atoms with Gasteiger partial charge in [0.25, 0.3) is 0 Å². The van der Waals surface area contributed by atoms with E-state index in [4.69, 9.17) is 0 Å². The van der Waals surface area contributed by atoms with Crippen LogP contribution in [0.25, 0.3) is 25.4 Å². The lowest BCUT2D eigenvalue weighted by Gasteiger charge is -2.04. The maximum absolute atomic E-state index is 2.30. The van der Waals surface area contributed by atoms with Gasteiger partial charge in [0.2, 0.25) is 4.88 Å². The largest absolute Gasteiger partial charge is 1.00 e. The predicted molar refractivity (Wildman–Crippen MR) is 129 cm³/mol. The number of fused-ring (bicyclic) bond motifs is 1. The van der Waals surface area contributed by atoms with Gasteiger partial charge in [-0.1, -0.05) is 78.0 Å². The first-order valence-corrected chi connectivity index (χ1v) is 11.8. The molecule has 5 rings (SSSR count). The van der Waals surface area contributed by atoms with Gasteiger partial charge in [-0.15, -0.1) is 0 Å². The van der Waals surface area contributed by atoms with Gasteiger partial charge in [0, 0.05) is 20.9 Å². The first-order chi connectivity index (χ1) is 14.3. The molecule has 0 amide bonds. The van der Waals surface area contributed by atoms with Gasteiger partial charge in [-0.2, -0.15) is 0 Å². The van der Waals surface area contributed by atoms with Crippen LogP contribution in [0.5, 0.6) is 0 Å². The van der Waals surface area contributed by atoms with Crippen LogP contribution in [0.4, 0.5) is 0 Å². The summed E-state index contributed by atoms with van der Waals surface area (Å²) >= 11 is 1.89. The number of aryl methyl sites for hydroxylation is 1. The normalized spacial score (nSPS) is 11.3. The first kappa shape index (κ1) is 20.7. The van der Waals surface area contributed by atoms with E-state index < -0.39 is 0 Å². The molecular weight excluding hydrogens is 424 g/mol. The fraction of sp³-hybridized carbons (Fsp3) is 0.0370. The summed E-state index contributed by atoms with van der Waals surface area (Å²) in [6.45, 7) is 2.15. The second kappa shape index (κ2) is 9.09. The van der Waals surface area contributed by atoms with E-state index in [1.165, 1.54) is 40.8 Å². The second-order valence-corrected chi connectivity index (χ2v) is 10.1. The number of benzene rings is 4. The monoisotopic (exact) mass is 444 g/mol. The lowest BCUT2D eigenvalue weighted by molar-refractivity contribution is -0.00000549. The van der Waals surface area contributed by atoms with Gasteiger partial charge in [-0.3, -0.25) is 0 Å².